The zero-order valence-electron chi connectivity index (χ0n) is 20.2. The lowest BCUT2D eigenvalue weighted by molar-refractivity contribution is -0.126. The predicted octanol–water partition coefficient (Wildman–Crippen LogP) is 3.89. The topological polar surface area (TPSA) is 76.5 Å². The second-order valence-electron chi connectivity index (χ2n) is 9.36. The smallest absolute Gasteiger partial charge is 0.274 e. The van der Waals surface area contributed by atoms with Crippen LogP contribution in [0.4, 0.5) is 0 Å². The number of hydrogen-bond acceptors (Lipinski definition) is 4. The number of hydrogen-bond donors (Lipinski definition) is 1. The lowest BCUT2D eigenvalue weighted by Gasteiger charge is -2.31. The number of benzene rings is 2. The van der Waals surface area contributed by atoms with E-state index in [-0.39, 0.29) is 23.8 Å². The Morgan fingerprint density at radius 1 is 1.03 bits per heavy atom. The fraction of sp³-hybridized carbons (Fsp3) is 0.393. The number of amides is 2. The molecule has 2 aliphatic heterocycles. The van der Waals surface area contributed by atoms with Gasteiger partial charge in [0.15, 0.2) is 5.69 Å². The molecule has 3 heterocycles. The Hall–Kier alpha value is -3.45. The molecule has 1 unspecified atom stereocenters. The van der Waals surface area contributed by atoms with Gasteiger partial charge in [-0.25, -0.2) is 4.98 Å². The van der Waals surface area contributed by atoms with E-state index in [2.05, 4.69) is 53.6 Å². The summed E-state index contributed by atoms with van der Waals surface area (Å²) in [5, 5.41) is 3.06. The molecule has 182 valence electrons. The van der Waals surface area contributed by atoms with Crippen LogP contribution in [0.2, 0.25) is 0 Å². The SMILES string of the molecule is CCc1ccc(CNC(=O)C2CCN(C(=O)c3ncn4c3COC(c3ccccc3)C4)CC2)cc1. The van der Waals surface area contributed by atoms with Crippen LogP contribution in [0.5, 0.6) is 0 Å². The number of ether oxygens (including phenoxy) is 1. The molecular formula is C28H32N4O3. The van der Waals surface area contributed by atoms with Crippen molar-refractivity contribution < 1.29 is 14.3 Å². The summed E-state index contributed by atoms with van der Waals surface area (Å²) in [6.07, 6.45) is 4.03. The van der Waals surface area contributed by atoms with Crippen molar-refractivity contribution in [3.05, 3.63) is 89.0 Å². The summed E-state index contributed by atoms with van der Waals surface area (Å²) in [4.78, 5) is 32.2. The molecule has 1 fully saturated rings. The molecule has 5 rings (SSSR count). The molecule has 1 saturated heterocycles. The Morgan fingerprint density at radius 3 is 2.46 bits per heavy atom. The van der Waals surface area contributed by atoms with E-state index < -0.39 is 0 Å². The minimum Gasteiger partial charge on any atom is -0.365 e. The highest BCUT2D eigenvalue weighted by atomic mass is 16.5. The maximum absolute atomic E-state index is 13.2. The van der Waals surface area contributed by atoms with Crippen molar-refractivity contribution in [1.29, 1.82) is 0 Å². The van der Waals surface area contributed by atoms with Crippen LogP contribution in [0.25, 0.3) is 0 Å². The highest BCUT2D eigenvalue weighted by molar-refractivity contribution is 5.93. The van der Waals surface area contributed by atoms with Gasteiger partial charge in [-0.1, -0.05) is 61.5 Å². The molecule has 7 heteroatoms. The number of likely N-dealkylation sites (tertiary alicyclic amines) is 1. The van der Waals surface area contributed by atoms with Gasteiger partial charge in [0.05, 0.1) is 25.2 Å². The van der Waals surface area contributed by atoms with Crippen LogP contribution in [0, 0.1) is 5.92 Å². The van der Waals surface area contributed by atoms with E-state index in [0.717, 1.165) is 23.2 Å². The van der Waals surface area contributed by atoms with E-state index in [1.54, 1.807) is 6.33 Å². The molecule has 1 atom stereocenters. The van der Waals surface area contributed by atoms with Crippen molar-refractivity contribution in [2.45, 2.75) is 52.0 Å². The highest BCUT2D eigenvalue weighted by Gasteiger charge is 2.32. The Labute approximate surface area is 206 Å². The van der Waals surface area contributed by atoms with E-state index >= 15 is 0 Å². The van der Waals surface area contributed by atoms with Crippen molar-refractivity contribution in [2.75, 3.05) is 13.1 Å². The molecule has 0 bridgehead atoms. The molecule has 1 aromatic heterocycles. The first-order chi connectivity index (χ1) is 17.1. The van der Waals surface area contributed by atoms with E-state index in [1.807, 2.05) is 27.7 Å². The highest BCUT2D eigenvalue weighted by Crippen LogP contribution is 2.28. The van der Waals surface area contributed by atoms with Gasteiger partial charge in [0.1, 0.15) is 6.10 Å². The van der Waals surface area contributed by atoms with Crippen LogP contribution < -0.4 is 5.32 Å². The van der Waals surface area contributed by atoms with Gasteiger partial charge in [0.2, 0.25) is 5.91 Å². The van der Waals surface area contributed by atoms with Crippen LogP contribution in [-0.4, -0.2) is 39.4 Å². The zero-order valence-corrected chi connectivity index (χ0v) is 20.2. The van der Waals surface area contributed by atoms with Crippen molar-refractivity contribution >= 4 is 11.8 Å². The van der Waals surface area contributed by atoms with Crippen LogP contribution in [-0.2, 0) is 35.6 Å². The standard InChI is InChI=1S/C28H32N4O3/c1-2-20-8-10-21(11-9-20)16-29-27(33)23-12-14-31(15-13-23)28(34)26-24-18-35-25(17-32(24)19-30-26)22-6-4-3-5-7-22/h3-11,19,23,25H,2,12-18H2,1H3,(H,29,33). The number of carbonyl (C=O) groups excluding carboxylic acids is 2. The van der Waals surface area contributed by atoms with Gasteiger partial charge in [-0.3, -0.25) is 9.59 Å². The largest absolute Gasteiger partial charge is 0.365 e. The molecule has 7 nitrogen and oxygen atoms in total. The average Bonchev–Trinajstić information content (AvgIpc) is 3.35. The number of rotatable bonds is 6. The fourth-order valence-corrected chi connectivity index (χ4v) is 4.90. The third-order valence-corrected chi connectivity index (χ3v) is 7.15. The van der Waals surface area contributed by atoms with Gasteiger partial charge in [-0.15, -0.1) is 0 Å². The summed E-state index contributed by atoms with van der Waals surface area (Å²) in [6, 6.07) is 18.5. The lowest BCUT2D eigenvalue weighted by atomic mass is 9.95. The molecule has 0 radical (unpaired) electrons. The number of carbonyl (C=O) groups is 2. The molecule has 35 heavy (non-hydrogen) atoms. The van der Waals surface area contributed by atoms with E-state index in [9.17, 15) is 9.59 Å². The predicted molar refractivity (Wildman–Crippen MR) is 132 cm³/mol. The van der Waals surface area contributed by atoms with Gasteiger partial charge < -0.3 is 19.5 Å². The van der Waals surface area contributed by atoms with Crippen LogP contribution in [0.15, 0.2) is 60.9 Å². The first-order valence-corrected chi connectivity index (χ1v) is 12.5. The van der Waals surface area contributed by atoms with E-state index in [0.29, 0.717) is 51.3 Å². The molecule has 0 saturated carbocycles. The van der Waals surface area contributed by atoms with Crippen molar-refractivity contribution in [2.24, 2.45) is 5.92 Å². The van der Waals surface area contributed by atoms with E-state index in [4.69, 9.17) is 4.74 Å². The minimum atomic E-state index is -0.0737. The van der Waals surface area contributed by atoms with Gasteiger partial charge in [-0.2, -0.15) is 0 Å². The molecule has 1 N–H and O–H groups in total. The summed E-state index contributed by atoms with van der Waals surface area (Å²) < 4.78 is 8.10. The first kappa shape index (κ1) is 23.3. The average molecular weight is 473 g/mol. The number of aryl methyl sites for hydroxylation is 1. The second kappa shape index (κ2) is 10.4. The maximum atomic E-state index is 13.2. The summed E-state index contributed by atoms with van der Waals surface area (Å²) in [7, 11) is 0. The van der Waals surface area contributed by atoms with Gasteiger partial charge in [0, 0.05) is 25.6 Å². The molecule has 0 spiro atoms. The second-order valence-corrected chi connectivity index (χ2v) is 9.36. The summed E-state index contributed by atoms with van der Waals surface area (Å²) in [5.74, 6) is -0.0772. The molecule has 2 amide bonds. The molecule has 2 aliphatic rings. The Kier molecular flexibility index (Phi) is 6.95. The van der Waals surface area contributed by atoms with Gasteiger partial charge in [-0.05, 0) is 36.0 Å². The van der Waals surface area contributed by atoms with Crippen LogP contribution in [0.1, 0.15) is 58.7 Å². The number of nitrogens with one attached hydrogen (secondary N) is 1. The molecular weight excluding hydrogens is 440 g/mol. The third-order valence-electron chi connectivity index (χ3n) is 7.15. The normalized spacial score (nSPS) is 18.2. The Bertz CT molecular complexity index is 1160. The number of aromatic nitrogens is 2. The van der Waals surface area contributed by atoms with Crippen LogP contribution >= 0.6 is 0 Å². The minimum absolute atomic E-state index is 0.0420. The van der Waals surface area contributed by atoms with Gasteiger partial charge in [0.25, 0.3) is 5.91 Å². The third kappa shape index (κ3) is 5.15. The lowest BCUT2D eigenvalue weighted by Crippen LogP contribution is -2.43. The number of imidazole rings is 1. The summed E-state index contributed by atoms with van der Waals surface area (Å²) in [6.45, 7) is 4.78. The first-order valence-electron chi connectivity index (χ1n) is 12.5. The van der Waals surface area contributed by atoms with Crippen molar-refractivity contribution in [3.8, 4) is 0 Å². The summed E-state index contributed by atoms with van der Waals surface area (Å²) >= 11 is 0. The van der Waals surface area contributed by atoms with Crippen molar-refractivity contribution in [3.63, 3.8) is 0 Å². The Balaban J connectivity index is 1.13. The summed E-state index contributed by atoms with van der Waals surface area (Å²) in [5.41, 5.74) is 4.81. The zero-order chi connectivity index (χ0) is 24.2. The quantitative estimate of drug-likeness (QED) is 0.591. The Morgan fingerprint density at radius 2 is 1.74 bits per heavy atom. The number of nitrogens with zero attached hydrogens (tertiary/aromatic N) is 3. The van der Waals surface area contributed by atoms with E-state index in [1.165, 1.54) is 5.56 Å². The van der Waals surface area contributed by atoms with Crippen molar-refractivity contribution in [1.82, 2.24) is 19.8 Å². The number of piperidine rings is 1. The fourth-order valence-electron chi connectivity index (χ4n) is 4.90. The molecule has 0 aliphatic carbocycles. The number of fused-ring (bicyclic) bond motifs is 1. The molecule has 2 aromatic carbocycles. The monoisotopic (exact) mass is 472 g/mol. The maximum Gasteiger partial charge on any atom is 0.274 e. The molecule has 3 aromatic rings. The van der Waals surface area contributed by atoms with Crippen LogP contribution in [0.3, 0.4) is 0 Å². The van der Waals surface area contributed by atoms with Gasteiger partial charge >= 0.3 is 0 Å².